The van der Waals surface area contributed by atoms with E-state index in [1.807, 2.05) is 13.8 Å². The fourth-order valence-corrected chi connectivity index (χ4v) is 2.76. The second kappa shape index (κ2) is 6.53. The summed E-state index contributed by atoms with van der Waals surface area (Å²) in [6.45, 7) is 4.26. The molecule has 2 aromatic heterocycles. The third kappa shape index (κ3) is 3.49. The number of aromatic nitrogens is 1. The summed E-state index contributed by atoms with van der Waals surface area (Å²) in [5, 5.41) is 9.38. The van der Waals surface area contributed by atoms with Gasteiger partial charge in [0.15, 0.2) is 10.8 Å². The minimum atomic E-state index is -0.924. The molecule has 112 valence electrons. The molecule has 0 aliphatic rings. The molecule has 7 heteroatoms. The standard InChI is InChI=1S/C14H16N2O4S/c1-3-16(7-6-11(17)18)14(19)12-9(2)21-13(15-12)10-5-4-8-20-10/h4-5,8H,3,6-7H2,1-2H3,(H,17,18). The van der Waals surface area contributed by atoms with Crippen LogP contribution < -0.4 is 0 Å². The van der Waals surface area contributed by atoms with Crippen LogP contribution in [0.5, 0.6) is 0 Å². The Hall–Kier alpha value is -2.15. The normalized spacial score (nSPS) is 10.6. The van der Waals surface area contributed by atoms with E-state index in [9.17, 15) is 9.59 Å². The van der Waals surface area contributed by atoms with Crippen LogP contribution in [0.3, 0.4) is 0 Å². The van der Waals surface area contributed by atoms with Crippen molar-refractivity contribution in [1.29, 1.82) is 0 Å². The molecule has 2 heterocycles. The Morgan fingerprint density at radius 1 is 1.48 bits per heavy atom. The number of hydrogen-bond acceptors (Lipinski definition) is 5. The van der Waals surface area contributed by atoms with Crippen molar-refractivity contribution in [3.05, 3.63) is 29.0 Å². The second-order valence-corrected chi connectivity index (χ2v) is 5.63. The van der Waals surface area contributed by atoms with E-state index in [1.165, 1.54) is 16.2 Å². The highest BCUT2D eigenvalue weighted by Gasteiger charge is 2.22. The van der Waals surface area contributed by atoms with Crippen LogP contribution in [-0.2, 0) is 4.79 Å². The van der Waals surface area contributed by atoms with Crippen LogP contribution in [0, 0.1) is 6.92 Å². The van der Waals surface area contributed by atoms with E-state index < -0.39 is 5.97 Å². The van der Waals surface area contributed by atoms with E-state index in [0.717, 1.165) is 4.88 Å². The van der Waals surface area contributed by atoms with Crippen molar-refractivity contribution >= 4 is 23.2 Å². The van der Waals surface area contributed by atoms with Crippen LogP contribution in [0.4, 0.5) is 0 Å². The first kappa shape index (κ1) is 15.2. The molecule has 0 unspecified atom stereocenters. The first-order chi connectivity index (χ1) is 10.0. The maximum atomic E-state index is 12.4. The first-order valence-electron chi connectivity index (χ1n) is 6.55. The van der Waals surface area contributed by atoms with Gasteiger partial charge in [-0.25, -0.2) is 4.98 Å². The van der Waals surface area contributed by atoms with Crippen molar-refractivity contribution in [3.8, 4) is 10.8 Å². The lowest BCUT2D eigenvalue weighted by Gasteiger charge is -2.19. The third-order valence-electron chi connectivity index (χ3n) is 3.00. The number of aliphatic carboxylic acids is 1. The van der Waals surface area contributed by atoms with Crippen molar-refractivity contribution in [2.24, 2.45) is 0 Å². The largest absolute Gasteiger partial charge is 0.481 e. The lowest BCUT2D eigenvalue weighted by molar-refractivity contribution is -0.137. The quantitative estimate of drug-likeness (QED) is 0.887. The Bertz CT molecular complexity index is 633. The SMILES string of the molecule is CCN(CCC(=O)O)C(=O)c1nc(-c2ccco2)sc1C. The molecule has 0 saturated heterocycles. The molecule has 0 spiro atoms. The predicted octanol–water partition coefficient (Wildman–Crippen LogP) is 2.65. The van der Waals surface area contributed by atoms with E-state index in [-0.39, 0.29) is 18.9 Å². The van der Waals surface area contributed by atoms with Crippen LogP contribution in [-0.4, -0.2) is 40.0 Å². The molecule has 0 atom stereocenters. The zero-order valence-electron chi connectivity index (χ0n) is 11.8. The van der Waals surface area contributed by atoms with E-state index in [4.69, 9.17) is 9.52 Å². The molecule has 0 aliphatic heterocycles. The summed E-state index contributed by atoms with van der Waals surface area (Å²) in [6.07, 6.45) is 1.48. The number of carbonyl (C=O) groups is 2. The topological polar surface area (TPSA) is 83.6 Å². The average Bonchev–Trinajstić information content (AvgIpc) is 3.07. The maximum absolute atomic E-state index is 12.4. The second-order valence-electron chi connectivity index (χ2n) is 4.43. The summed E-state index contributed by atoms with van der Waals surface area (Å²) in [5.74, 6) is -0.548. The number of amides is 1. The van der Waals surface area contributed by atoms with Gasteiger partial charge < -0.3 is 14.4 Å². The molecule has 0 aromatic carbocycles. The lowest BCUT2D eigenvalue weighted by Crippen LogP contribution is -2.33. The molecule has 1 amide bonds. The molecule has 0 radical (unpaired) electrons. The molecule has 2 aromatic rings. The Morgan fingerprint density at radius 3 is 2.81 bits per heavy atom. The predicted molar refractivity (Wildman–Crippen MR) is 78.4 cm³/mol. The van der Waals surface area contributed by atoms with E-state index in [2.05, 4.69) is 4.98 Å². The van der Waals surface area contributed by atoms with Gasteiger partial charge in [-0.15, -0.1) is 11.3 Å². The maximum Gasteiger partial charge on any atom is 0.305 e. The van der Waals surface area contributed by atoms with Crippen LogP contribution >= 0.6 is 11.3 Å². The van der Waals surface area contributed by atoms with E-state index in [1.54, 1.807) is 18.4 Å². The third-order valence-corrected chi connectivity index (χ3v) is 3.98. The molecule has 0 fully saturated rings. The molecule has 1 N–H and O–H groups in total. The highest BCUT2D eigenvalue weighted by molar-refractivity contribution is 7.15. The minimum Gasteiger partial charge on any atom is -0.481 e. The zero-order chi connectivity index (χ0) is 15.4. The summed E-state index contributed by atoms with van der Waals surface area (Å²) in [7, 11) is 0. The number of hydrogen-bond donors (Lipinski definition) is 1. The van der Waals surface area contributed by atoms with Crippen molar-refractivity contribution in [2.75, 3.05) is 13.1 Å². The van der Waals surface area contributed by atoms with Crippen molar-refractivity contribution in [3.63, 3.8) is 0 Å². The zero-order valence-corrected chi connectivity index (χ0v) is 12.6. The van der Waals surface area contributed by atoms with Crippen LogP contribution in [0.2, 0.25) is 0 Å². The number of carboxylic acid groups (broad SMARTS) is 1. The van der Waals surface area contributed by atoms with Gasteiger partial charge in [-0.1, -0.05) is 0 Å². The summed E-state index contributed by atoms with van der Waals surface area (Å²) >= 11 is 1.38. The summed E-state index contributed by atoms with van der Waals surface area (Å²) < 4.78 is 5.28. The minimum absolute atomic E-state index is 0.0756. The molecule has 6 nitrogen and oxygen atoms in total. The van der Waals surface area contributed by atoms with Crippen LogP contribution in [0.25, 0.3) is 10.8 Å². The monoisotopic (exact) mass is 308 g/mol. The molecule has 2 rings (SSSR count). The molecule has 0 saturated carbocycles. The highest BCUT2D eigenvalue weighted by atomic mass is 32.1. The van der Waals surface area contributed by atoms with Crippen molar-refractivity contribution in [2.45, 2.75) is 20.3 Å². The summed E-state index contributed by atoms with van der Waals surface area (Å²) in [4.78, 5) is 29.7. The number of thiazole rings is 1. The molecular formula is C14H16N2O4S. The van der Waals surface area contributed by atoms with Crippen LogP contribution in [0.15, 0.2) is 22.8 Å². The van der Waals surface area contributed by atoms with Crippen molar-refractivity contribution in [1.82, 2.24) is 9.88 Å². The van der Waals surface area contributed by atoms with Gasteiger partial charge in [0.2, 0.25) is 0 Å². The molecule has 21 heavy (non-hydrogen) atoms. The number of nitrogens with zero attached hydrogens (tertiary/aromatic N) is 2. The Balaban J connectivity index is 2.20. The molecular weight excluding hydrogens is 292 g/mol. The number of aryl methyl sites for hydroxylation is 1. The van der Waals surface area contributed by atoms with Gasteiger partial charge in [0, 0.05) is 18.0 Å². The van der Waals surface area contributed by atoms with Crippen molar-refractivity contribution < 1.29 is 19.1 Å². The van der Waals surface area contributed by atoms with Gasteiger partial charge in [-0.05, 0) is 26.0 Å². The van der Waals surface area contributed by atoms with Gasteiger partial charge >= 0.3 is 5.97 Å². The Labute approximate surface area is 126 Å². The fraction of sp³-hybridized carbons (Fsp3) is 0.357. The smallest absolute Gasteiger partial charge is 0.305 e. The fourth-order valence-electron chi connectivity index (χ4n) is 1.88. The lowest BCUT2D eigenvalue weighted by atomic mass is 10.3. The number of furan rings is 1. The van der Waals surface area contributed by atoms with Gasteiger partial charge in [-0.3, -0.25) is 9.59 Å². The van der Waals surface area contributed by atoms with Gasteiger partial charge in [0.05, 0.1) is 12.7 Å². The van der Waals surface area contributed by atoms with Gasteiger partial charge in [-0.2, -0.15) is 0 Å². The van der Waals surface area contributed by atoms with E-state index in [0.29, 0.717) is 23.0 Å². The van der Waals surface area contributed by atoms with Gasteiger partial charge in [0.1, 0.15) is 5.69 Å². The van der Waals surface area contributed by atoms with Crippen LogP contribution in [0.1, 0.15) is 28.7 Å². The van der Waals surface area contributed by atoms with Gasteiger partial charge in [0.25, 0.3) is 5.91 Å². The Morgan fingerprint density at radius 2 is 2.24 bits per heavy atom. The Kier molecular flexibility index (Phi) is 4.74. The van der Waals surface area contributed by atoms with E-state index >= 15 is 0 Å². The number of rotatable bonds is 6. The summed E-state index contributed by atoms with van der Waals surface area (Å²) in [5.41, 5.74) is 0.360. The summed E-state index contributed by atoms with van der Waals surface area (Å²) in [6, 6.07) is 3.55. The number of carbonyl (C=O) groups excluding carboxylic acids is 1. The first-order valence-corrected chi connectivity index (χ1v) is 7.37. The highest BCUT2D eigenvalue weighted by Crippen LogP contribution is 2.28. The molecule has 0 bridgehead atoms. The average molecular weight is 308 g/mol. The number of carboxylic acids is 1. The molecule has 0 aliphatic carbocycles.